The highest BCUT2D eigenvalue weighted by Crippen LogP contribution is 2.28. The number of hydrogen-bond acceptors (Lipinski definition) is 7. The average Bonchev–Trinajstić information content (AvgIpc) is 3.48. The molecule has 1 aromatic carbocycles. The first-order valence-corrected chi connectivity index (χ1v) is 14.0. The predicted molar refractivity (Wildman–Crippen MR) is 147 cm³/mol. The van der Waals surface area contributed by atoms with Gasteiger partial charge in [0.2, 0.25) is 17.7 Å². The number of carbonyl (C=O) groups is 3. The van der Waals surface area contributed by atoms with E-state index in [1.54, 1.807) is 11.3 Å². The third kappa shape index (κ3) is 7.85. The quantitative estimate of drug-likeness (QED) is 0.322. The van der Waals surface area contributed by atoms with Crippen LogP contribution in [0.2, 0.25) is 0 Å². The largest absolute Gasteiger partial charge is 0.396 e. The maximum absolute atomic E-state index is 13.6. The van der Waals surface area contributed by atoms with Crippen LogP contribution in [0.4, 0.5) is 0 Å². The number of thiazole rings is 1. The van der Waals surface area contributed by atoms with Crippen molar-refractivity contribution in [2.75, 3.05) is 13.2 Å². The van der Waals surface area contributed by atoms with Crippen LogP contribution >= 0.6 is 11.3 Å². The summed E-state index contributed by atoms with van der Waals surface area (Å²) in [6.07, 6.45) is 1.57. The Bertz CT molecular complexity index is 1100. The summed E-state index contributed by atoms with van der Waals surface area (Å²) in [6.45, 7) is 7.98. The number of benzene rings is 1. The molecule has 0 spiro atoms. The van der Waals surface area contributed by atoms with E-state index in [2.05, 4.69) is 15.6 Å². The number of likely N-dealkylation sites (tertiary alicyclic amines) is 1. The maximum atomic E-state index is 13.6. The van der Waals surface area contributed by atoms with Crippen LogP contribution in [0, 0.1) is 12.3 Å². The molecule has 3 amide bonds. The Labute approximate surface area is 228 Å². The number of amides is 3. The van der Waals surface area contributed by atoms with E-state index >= 15 is 0 Å². The van der Waals surface area contributed by atoms with Crippen LogP contribution < -0.4 is 10.6 Å². The van der Waals surface area contributed by atoms with Crippen LogP contribution in [0.5, 0.6) is 0 Å². The Balaban J connectivity index is 1.63. The van der Waals surface area contributed by atoms with Crippen molar-refractivity contribution in [2.45, 2.75) is 84.5 Å². The molecule has 4 N–H and O–H groups in total. The predicted octanol–water partition coefficient (Wildman–Crippen LogP) is 2.78. The lowest BCUT2D eigenvalue weighted by Crippen LogP contribution is -2.57. The minimum absolute atomic E-state index is 0.0404. The normalized spacial score (nSPS) is 18.3. The molecule has 3 unspecified atom stereocenters. The molecule has 0 aliphatic carbocycles. The second kappa shape index (κ2) is 13.3. The topological polar surface area (TPSA) is 132 Å². The highest BCUT2D eigenvalue weighted by molar-refractivity contribution is 7.13. The number of aromatic nitrogens is 1. The molecule has 1 aliphatic rings. The van der Waals surface area contributed by atoms with Crippen LogP contribution in [0.15, 0.2) is 29.8 Å². The van der Waals surface area contributed by atoms with Gasteiger partial charge in [-0.2, -0.15) is 0 Å². The highest BCUT2D eigenvalue weighted by atomic mass is 32.1. The Morgan fingerprint density at radius 1 is 1.16 bits per heavy atom. The van der Waals surface area contributed by atoms with E-state index in [1.165, 1.54) is 4.90 Å². The fourth-order valence-electron chi connectivity index (χ4n) is 4.59. The molecular weight excluding hydrogens is 504 g/mol. The third-order valence-electron chi connectivity index (χ3n) is 6.77. The van der Waals surface area contributed by atoms with Gasteiger partial charge in [0.15, 0.2) is 0 Å². The van der Waals surface area contributed by atoms with E-state index in [1.807, 2.05) is 57.5 Å². The smallest absolute Gasteiger partial charge is 0.246 e. The molecule has 1 aliphatic heterocycles. The van der Waals surface area contributed by atoms with Crippen LogP contribution in [0.25, 0.3) is 10.4 Å². The minimum atomic E-state index is -0.837. The standard InChI is InChI=1S/C28H40N4O5S/c1-18-24(38-17-30-18)20-11-9-19(10-12-20)15-29-26(36)22-14-21(34)16-32(22)27(37)25(28(2,3)4)31-23(35)8-6-5-7-13-33/h9-12,17,21-22,25,33-34H,5-8,13-16H2,1-4H3,(H,29,36)(H,31,35). The second-order valence-corrected chi connectivity index (χ2v) is 11.8. The van der Waals surface area contributed by atoms with E-state index in [-0.39, 0.29) is 43.7 Å². The summed E-state index contributed by atoms with van der Waals surface area (Å²) in [5, 5.41) is 25.0. The van der Waals surface area contributed by atoms with Crippen molar-refractivity contribution in [3.05, 3.63) is 41.0 Å². The molecule has 38 heavy (non-hydrogen) atoms. The molecule has 2 heterocycles. The van der Waals surface area contributed by atoms with Crippen molar-refractivity contribution < 1.29 is 24.6 Å². The van der Waals surface area contributed by atoms with Gasteiger partial charge in [-0.15, -0.1) is 11.3 Å². The monoisotopic (exact) mass is 544 g/mol. The first-order valence-electron chi connectivity index (χ1n) is 13.2. The van der Waals surface area contributed by atoms with E-state index in [4.69, 9.17) is 5.11 Å². The van der Waals surface area contributed by atoms with Crippen molar-refractivity contribution >= 4 is 29.1 Å². The van der Waals surface area contributed by atoms with Gasteiger partial charge in [-0.25, -0.2) is 4.98 Å². The minimum Gasteiger partial charge on any atom is -0.396 e. The van der Waals surface area contributed by atoms with Gasteiger partial charge in [0.25, 0.3) is 0 Å². The fraction of sp³-hybridized carbons (Fsp3) is 0.571. The molecule has 0 bridgehead atoms. The average molecular weight is 545 g/mol. The molecule has 208 valence electrons. The summed E-state index contributed by atoms with van der Waals surface area (Å²) < 4.78 is 0. The van der Waals surface area contributed by atoms with Crippen molar-refractivity contribution in [2.24, 2.45) is 5.41 Å². The number of nitrogens with zero attached hydrogens (tertiary/aromatic N) is 2. The molecular formula is C28H40N4O5S. The number of carbonyl (C=O) groups excluding carboxylic acids is 3. The molecule has 0 saturated carbocycles. The summed E-state index contributed by atoms with van der Waals surface area (Å²) in [5.41, 5.74) is 4.19. The van der Waals surface area contributed by atoms with Gasteiger partial charge in [-0.05, 0) is 36.3 Å². The molecule has 1 fully saturated rings. The Morgan fingerprint density at radius 3 is 2.47 bits per heavy atom. The zero-order valence-electron chi connectivity index (χ0n) is 22.7. The van der Waals surface area contributed by atoms with Gasteiger partial charge in [0.05, 0.1) is 22.2 Å². The fourth-order valence-corrected chi connectivity index (χ4v) is 5.40. The van der Waals surface area contributed by atoms with Gasteiger partial charge < -0.3 is 25.7 Å². The molecule has 2 aromatic rings. The molecule has 0 radical (unpaired) electrons. The van der Waals surface area contributed by atoms with Crippen molar-refractivity contribution in [3.63, 3.8) is 0 Å². The van der Waals surface area contributed by atoms with E-state index in [0.717, 1.165) is 28.1 Å². The lowest BCUT2D eigenvalue weighted by atomic mass is 9.85. The van der Waals surface area contributed by atoms with Crippen molar-refractivity contribution in [1.29, 1.82) is 0 Å². The van der Waals surface area contributed by atoms with Gasteiger partial charge in [0, 0.05) is 32.5 Å². The van der Waals surface area contributed by atoms with Crippen LogP contribution in [0.1, 0.15) is 64.1 Å². The number of aliphatic hydroxyl groups is 2. The third-order valence-corrected chi connectivity index (χ3v) is 7.75. The number of aryl methyl sites for hydroxylation is 1. The summed E-state index contributed by atoms with van der Waals surface area (Å²) in [4.78, 5) is 46.1. The van der Waals surface area contributed by atoms with Crippen molar-refractivity contribution in [1.82, 2.24) is 20.5 Å². The lowest BCUT2D eigenvalue weighted by Gasteiger charge is -2.35. The summed E-state index contributed by atoms with van der Waals surface area (Å²) in [5.74, 6) is -0.948. The van der Waals surface area contributed by atoms with E-state index < -0.39 is 23.6 Å². The van der Waals surface area contributed by atoms with Gasteiger partial charge in [-0.3, -0.25) is 14.4 Å². The summed E-state index contributed by atoms with van der Waals surface area (Å²) >= 11 is 1.58. The number of nitrogens with one attached hydrogen (secondary N) is 2. The van der Waals surface area contributed by atoms with Crippen molar-refractivity contribution in [3.8, 4) is 10.4 Å². The maximum Gasteiger partial charge on any atom is 0.246 e. The zero-order chi connectivity index (χ0) is 27.9. The molecule has 3 atom stereocenters. The first kappa shape index (κ1) is 29.7. The van der Waals surface area contributed by atoms with E-state index in [0.29, 0.717) is 19.4 Å². The highest BCUT2D eigenvalue weighted by Gasteiger charge is 2.44. The summed E-state index contributed by atoms with van der Waals surface area (Å²) in [7, 11) is 0. The lowest BCUT2D eigenvalue weighted by molar-refractivity contribution is -0.144. The number of rotatable bonds is 11. The van der Waals surface area contributed by atoms with Crippen LogP contribution in [0.3, 0.4) is 0 Å². The van der Waals surface area contributed by atoms with Crippen LogP contribution in [-0.2, 0) is 20.9 Å². The number of β-amino-alcohol motifs (C(OH)–C–C–N with tert-alkyl or cyclic N) is 1. The molecule has 10 heteroatoms. The number of aliphatic hydroxyl groups excluding tert-OH is 2. The zero-order valence-corrected chi connectivity index (χ0v) is 23.5. The SMILES string of the molecule is Cc1ncsc1-c1ccc(CNC(=O)C2CC(O)CN2C(=O)C(NC(=O)CCCCCO)C(C)(C)C)cc1. The Morgan fingerprint density at radius 2 is 1.87 bits per heavy atom. The molecule has 3 rings (SSSR count). The Kier molecular flexibility index (Phi) is 10.4. The second-order valence-electron chi connectivity index (χ2n) is 11.0. The van der Waals surface area contributed by atoms with Crippen LogP contribution in [-0.4, -0.2) is 69.2 Å². The Hall–Kier alpha value is -2.82. The number of unbranched alkanes of at least 4 members (excludes halogenated alkanes) is 2. The van der Waals surface area contributed by atoms with Gasteiger partial charge in [0.1, 0.15) is 12.1 Å². The number of hydrogen-bond donors (Lipinski definition) is 4. The molecule has 9 nitrogen and oxygen atoms in total. The molecule has 1 aromatic heterocycles. The summed E-state index contributed by atoms with van der Waals surface area (Å²) in [6, 6.07) is 6.24. The van der Waals surface area contributed by atoms with E-state index in [9.17, 15) is 19.5 Å². The van der Waals surface area contributed by atoms with Gasteiger partial charge >= 0.3 is 0 Å². The first-order chi connectivity index (χ1) is 18.0. The molecule has 1 saturated heterocycles. The van der Waals surface area contributed by atoms with Gasteiger partial charge in [-0.1, -0.05) is 51.5 Å².